The van der Waals surface area contributed by atoms with Crippen LogP contribution in [0.5, 0.6) is 17.2 Å². The number of hydrogen-bond acceptors (Lipinski definition) is 3. The van der Waals surface area contributed by atoms with Crippen LogP contribution in [0.1, 0.15) is 43.6 Å². The highest BCUT2D eigenvalue weighted by atomic mass is 16.5. The Bertz CT molecular complexity index is 652. The highest BCUT2D eigenvalue weighted by Gasteiger charge is 2.24. The molecule has 0 atom stereocenters. The van der Waals surface area contributed by atoms with Gasteiger partial charge in [0.15, 0.2) is 5.78 Å². The second-order valence-corrected chi connectivity index (χ2v) is 6.06. The Hall–Kier alpha value is -2.29. The van der Waals surface area contributed by atoms with Crippen molar-refractivity contribution in [3.05, 3.63) is 53.6 Å². The van der Waals surface area contributed by atoms with Gasteiger partial charge in [0, 0.05) is 5.56 Å². The predicted octanol–water partition coefficient (Wildman–Crippen LogP) is 4.68. The van der Waals surface area contributed by atoms with Crippen molar-refractivity contribution in [2.45, 2.75) is 33.1 Å². The van der Waals surface area contributed by atoms with Crippen molar-refractivity contribution in [1.29, 1.82) is 0 Å². The van der Waals surface area contributed by atoms with Crippen molar-refractivity contribution in [2.24, 2.45) is 0 Å². The van der Waals surface area contributed by atoms with Crippen LogP contribution >= 0.6 is 0 Å². The third kappa shape index (κ3) is 3.24. The quantitative estimate of drug-likeness (QED) is 0.832. The van der Waals surface area contributed by atoms with Gasteiger partial charge in [0.1, 0.15) is 22.8 Å². The van der Waals surface area contributed by atoms with Crippen LogP contribution in [-0.4, -0.2) is 10.9 Å². The normalized spacial score (nSPS) is 11.2. The monoisotopic (exact) mass is 284 g/mol. The number of rotatable bonds is 3. The van der Waals surface area contributed by atoms with Crippen LogP contribution in [0.25, 0.3) is 0 Å². The highest BCUT2D eigenvalue weighted by molar-refractivity contribution is 6.00. The Morgan fingerprint density at radius 1 is 1.05 bits per heavy atom. The van der Waals surface area contributed by atoms with E-state index < -0.39 is 0 Å². The van der Waals surface area contributed by atoms with Gasteiger partial charge in [-0.3, -0.25) is 4.79 Å². The van der Waals surface area contributed by atoms with Crippen LogP contribution in [0.2, 0.25) is 0 Å². The minimum atomic E-state index is -0.250. The van der Waals surface area contributed by atoms with Crippen LogP contribution in [-0.2, 0) is 5.41 Å². The zero-order chi connectivity index (χ0) is 15.6. The van der Waals surface area contributed by atoms with Gasteiger partial charge in [0.2, 0.25) is 0 Å². The number of aromatic hydroxyl groups is 1. The maximum atomic E-state index is 11.9. The van der Waals surface area contributed by atoms with Gasteiger partial charge in [-0.05, 0) is 30.5 Å². The maximum absolute atomic E-state index is 11.9. The van der Waals surface area contributed by atoms with Crippen LogP contribution in [0, 0.1) is 0 Å². The standard InChI is InChI=1S/C18H20O3/c1-12(19)16-15(21-13-8-6-5-7-9-13)11-10-14(17(16)20)18(2,3)4/h5-11,20H,1-4H3. The van der Waals surface area contributed by atoms with E-state index in [0.717, 1.165) is 5.56 Å². The van der Waals surface area contributed by atoms with Gasteiger partial charge in [-0.15, -0.1) is 0 Å². The number of hydrogen-bond donors (Lipinski definition) is 1. The lowest BCUT2D eigenvalue weighted by Gasteiger charge is -2.22. The number of para-hydroxylation sites is 1. The molecule has 2 aromatic carbocycles. The summed E-state index contributed by atoms with van der Waals surface area (Å²) in [5.74, 6) is 0.787. The van der Waals surface area contributed by atoms with Crippen LogP contribution < -0.4 is 4.74 Å². The summed E-state index contributed by atoms with van der Waals surface area (Å²) in [4.78, 5) is 11.9. The first kappa shape index (κ1) is 15.1. The van der Waals surface area contributed by atoms with Crippen molar-refractivity contribution in [2.75, 3.05) is 0 Å². The van der Waals surface area contributed by atoms with E-state index in [0.29, 0.717) is 11.5 Å². The first-order chi connectivity index (χ1) is 9.80. The molecular formula is C18H20O3. The second kappa shape index (κ2) is 5.60. The van der Waals surface area contributed by atoms with Crippen LogP contribution in [0.3, 0.4) is 0 Å². The van der Waals surface area contributed by atoms with E-state index in [1.807, 2.05) is 39.0 Å². The highest BCUT2D eigenvalue weighted by Crippen LogP contribution is 2.39. The SMILES string of the molecule is CC(=O)c1c(Oc2ccccc2)ccc(C(C)(C)C)c1O. The van der Waals surface area contributed by atoms with Gasteiger partial charge in [-0.1, -0.05) is 45.0 Å². The van der Waals surface area contributed by atoms with Gasteiger partial charge in [0.25, 0.3) is 0 Å². The number of carbonyl (C=O) groups is 1. The summed E-state index contributed by atoms with van der Waals surface area (Å²) in [6.07, 6.45) is 0. The fourth-order valence-electron chi connectivity index (χ4n) is 2.22. The maximum Gasteiger partial charge on any atom is 0.167 e. The zero-order valence-corrected chi connectivity index (χ0v) is 12.8. The number of Topliss-reactive ketones (excluding diaryl/α,β-unsaturated/α-hetero) is 1. The number of benzene rings is 2. The van der Waals surface area contributed by atoms with Gasteiger partial charge >= 0.3 is 0 Å². The van der Waals surface area contributed by atoms with Crippen molar-refractivity contribution >= 4 is 5.78 Å². The summed E-state index contributed by atoms with van der Waals surface area (Å²) in [5.41, 5.74) is 0.707. The summed E-state index contributed by atoms with van der Waals surface area (Å²) in [6.45, 7) is 7.40. The molecule has 0 aromatic heterocycles. The summed E-state index contributed by atoms with van der Waals surface area (Å²) in [6, 6.07) is 12.7. The Morgan fingerprint density at radius 2 is 1.67 bits per heavy atom. The molecule has 21 heavy (non-hydrogen) atoms. The van der Waals surface area contributed by atoms with E-state index >= 15 is 0 Å². The van der Waals surface area contributed by atoms with Gasteiger partial charge in [-0.25, -0.2) is 0 Å². The lowest BCUT2D eigenvalue weighted by Crippen LogP contribution is -2.13. The van der Waals surface area contributed by atoms with E-state index in [-0.39, 0.29) is 22.5 Å². The first-order valence-corrected chi connectivity index (χ1v) is 6.91. The molecule has 0 fully saturated rings. The molecule has 1 N–H and O–H groups in total. The molecule has 2 aromatic rings. The average molecular weight is 284 g/mol. The Labute approximate surface area is 125 Å². The molecule has 0 saturated carbocycles. The molecule has 2 rings (SSSR count). The molecule has 0 bridgehead atoms. The molecule has 0 radical (unpaired) electrons. The fourth-order valence-corrected chi connectivity index (χ4v) is 2.22. The van der Waals surface area contributed by atoms with Crippen molar-refractivity contribution < 1.29 is 14.6 Å². The molecule has 3 nitrogen and oxygen atoms in total. The molecule has 0 heterocycles. The van der Waals surface area contributed by atoms with Gasteiger partial charge in [0.05, 0.1) is 0 Å². The molecule has 0 aliphatic rings. The average Bonchev–Trinajstić information content (AvgIpc) is 2.38. The largest absolute Gasteiger partial charge is 0.507 e. The van der Waals surface area contributed by atoms with E-state index in [9.17, 15) is 9.90 Å². The lowest BCUT2D eigenvalue weighted by atomic mass is 9.84. The molecular weight excluding hydrogens is 264 g/mol. The van der Waals surface area contributed by atoms with E-state index in [4.69, 9.17) is 4.74 Å². The first-order valence-electron chi connectivity index (χ1n) is 6.91. The summed E-state index contributed by atoms with van der Waals surface area (Å²) >= 11 is 0. The molecule has 110 valence electrons. The predicted molar refractivity (Wildman–Crippen MR) is 83.3 cm³/mol. The van der Waals surface area contributed by atoms with E-state index in [1.165, 1.54) is 6.92 Å². The van der Waals surface area contributed by atoms with Crippen LogP contribution in [0.4, 0.5) is 0 Å². The molecule has 0 spiro atoms. The molecule has 0 unspecified atom stereocenters. The van der Waals surface area contributed by atoms with Crippen molar-refractivity contribution in [3.63, 3.8) is 0 Å². The molecule has 0 amide bonds. The minimum Gasteiger partial charge on any atom is -0.507 e. The third-order valence-electron chi connectivity index (χ3n) is 3.27. The molecule has 0 aliphatic carbocycles. The summed E-state index contributed by atoms with van der Waals surface area (Å²) in [5, 5.41) is 10.5. The molecule has 0 saturated heterocycles. The topological polar surface area (TPSA) is 46.5 Å². The van der Waals surface area contributed by atoms with E-state index in [1.54, 1.807) is 24.3 Å². The second-order valence-electron chi connectivity index (χ2n) is 6.06. The molecule has 0 aliphatic heterocycles. The van der Waals surface area contributed by atoms with Crippen molar-refractivity contribution in [3.8, 4) is 17.2 Å². The summed E-state index contributed by atoms with van der Waals surface area (Å²) in [7, 11) is 0. The fraction of sp³-hybridized carbons (Fsp3) is 0.278. The third-order valence-corrected chi connectivity index (χ3v) is 3.27. The lowest BCUT2D eigenvalue weighted by molar-refractivity contribution is 0.101. The van der Waals surface area contributed by atoms with Crippen molar-refractivity contribution in [1.82, 2.24) is 0 Å². The zero-order valence-electron chi connectivity index (χ0n) is 12.8. The minimum absolute atomic E-state index is 0.00318. The number of phenols is 1. The number of phenolic OH excluding ortho intramolecular Hbond substituents is 1. The number of ether oxygens (including phenoxy) is 1. The van der Waals surface area contributed by atoms with Gasteiger partial charge < -0.3 is 9.84 Å². The number of ketones is 1. The Morgan fingerprint density at radius 3 is 2.19 bits per heavy atom. The molecule has 3 heteroatoms. The Kier molecular flexibility index (Phi) is 4.03. The van der Waals surface area contributed by atoms with Crippen LogP contribution in [0.15, 0.2) is 42.5 Å². The van der Waals surface area contributed by atoms with E-state index in [2.05, 4.69) is 0 Å². The Balaban J connectivity index is 2.53. The van der Waals surface area contributed by atoms with Gasteiger partial charge in [-0.2, -0.15) is 0 Å². The smallest absolute Gasteiger partial charge is 0.167 e. The number of carbonyl (C=O) groups excluding carboxylic acids is 1. The summed E-state index contributed by atoms with van der Waals surface area (Å²) < 4.78 is 5.74.